The van der Waals surface area contributed by atoms with Gasteiger partial charge in [-0.15, -0.1) is 0 Å². The molecular formula is C23H20N2O5. The van der Waals surface area contributed by atoms with Gasteiger partial charge in [0.05, 0.1) is 19.0 Å². The Labute approximate surface area is 172 Å². The van der Waals surface area contributed by atoms with Crippen molar-refractivity contribution in [3.63, 3.8) is 0 Å². The van der Waals surface area contributed by atoms with Crippen LogP contribution in [0.5, 0.6) is 5.75 Å². The number of ether oxygens (including phenoxy) is 2. The van der Waals surface area contributed by atoms with Crippen molar-refractivity contribution in [1.82, 2.24) is 9.78 Å². The lowest BCUT2D eigenvalue weighted by Crippen LogP contribution is -2.10. The largest absolute Gasteiger partial charge is 0.493 e. The van der Waals surface area contributed by atoms with Crippen molar-refractivity contribution in [2.75, 3.05) is 7.11 Å². The van der Waals surface area contributed by atoms with Crippen LogP contribution in [0.2, 0.25) is 0 Å². The number of esters is 1. The number of fused-ring (bicyclic) bond motifs is 1. The van der Waals surface area contributed by atoms with Crippen LogP contribution in [0.15, 0.2) is 63.9 Å². The first kappa shape index (κ1) is 19.4. The number of rotatable bonds is 5. The Morgan fingerprint density at radius 3 is 2.57 bits per heavy atom. The highest BCUT2D eigenvalue weighted by Crippen LogP contribution is 2.24. The van der Waals surface area contributed by atoms with Crippen molar-refractivity contribution in [2.24, 2.45) is 0 Å². The zero-order valence-electron chi connectivity index (χ0n) is 16.8. The Morgan fingerprint density at radius 1 is 1.10 bits per heavy atom. The topological polar surface area (TPSA) is 83.6 Å². The number of hydrogen-bond donors (Lipinski definition) is 0. The van der Waals surface area contributed by atoms with E-state index < -0.39 is 11.6 Å². The molecule has 152 valence electrons. The molecule has 0 atom stereocenters. The van der Waals surface area contributed by atoms with Crippen LogP contribution in [0, 0.1) is 13.8 Å². The Bertz CT molecular complexity index is 1290. The minimum Gasteiger partial charge on any atom is -0.493 e. The quantitative estimate of drug-likeness (QED) is 0.370. The minimum absolute atomic E-state index is 0.0562. The van der Waals surface area contributed by atoms with Crippen LogP contribution in [0.4, 0.5) is 0 Å². The van der Waals surface area contributed by atoms with Gasteiger partial charge in [-0.3, -0.25) is 0 Å². The summed E-state index contributed by atoms with van der Waals surface area (Å²) in [6, 6.07) is 14.4. The summed E-state index contributed by atoms with van der Waals surface area (Å²) in [5, 5.41) is 5.03. The van der Waals surface area contributed by atoms with Gasteiger partial charge in [-0.25, -0.2) is 14.3 Å². The predicted molar refractivity (Wildman–Crippen MR) is 111 cm³/mol. The number of hydrogen-bond acceptors (Lipinski definition) is 6. The molecule has 7 heteroatoms. The summed E-state index contributed by atoms with van der Waals surface area (Å²) >= 11 is 0. The van der Waals surface area contributed by atoms with Gasteiger partial charge in [0.1, 0.15) is 12.2 Å². The maximum Gasteiger partial charge on any atom is 0.363 e. The number of benzene rings is 2. The average Bonchev–Trinajstić information content (AvgIpc) is 3.18. The summed E-state index contributed by atoms with van der Waals surface area (Å²) in [4.78, 5) is 24.6. The molecule has 2 aromatic heterocycles. The van der Waals surface area contributed by atoms with Crippen LogP contribution in [-0.4, -0.2) is 22.9 Å². The van der Waals surface area contributed by atoms with Crippen LogP contribution in [0.1, 0.15) is 27.2 Å². The molecular weight excluding hydrogens is 384 g/mol. The molecule has 0 bridgehead atoms. The van der Waals surface area contributed by atoms with Crippen molar-refractivity contribution in [1.29, 1.82) is 0 Å². The number of carbonyl (C=O) groups excluding carboxylic acids is 1. The lowest BCUT2D eigenvalue weighted by atomic mass is 10.0. The Morgan fingerprint density at radius 2 is 1.83 bits per heavy atom. The maximum absolute atomic E-state index is 12.7. The summed E-state index contributed by atoms with van der Waals surface area (Å²) in [5.41, 5.74) is 3.43. The first-order chi connectivity index (χ1) is 14.5. The van der Waals surface area contributed by atoms with Gasteiger partial charge in [-0.2, -0.15) is 5.10 Å². The summed E-state index contributed by atoms with van der Waals surface area (Å²) in [7, 11) is 1.46. The maximum atomic E-state index is 12.7. The second-order valence-corrected chi connectivity index (χ2v) is 6.93. The standard InChI is InChI=1S/C23H20N2O5/c1-14-9-18-16(11-21(26)30-19(18)10-15(14)2)13-29-23(27)22-20(28-3)12-25(24-22)17-7-5-4-6-8-17/h4-12H,13H2,1-3H3. The zero-order chi connectivity index (χ0) is 21.3. The van der Waals surface area contributed by atoms with Crippen LogP contribution < -0.4 is 10.4 Å². The van der Waals surface area contributed by atoms with E-state index in [0.29, 0.717) is 16.9 Å². The molecule has 0 amide bonds. The van der Waals surface area contributed by atoms with E-state index in [9.17, 15) is 9.59 Å². The number of aryl methyl sites for hydroxylation is 2. The molecule has 0 aliphatic carbocycles. The van der Waals surface area contributed by atoms with Gasteiger partial charge < -0.3 is 13.9 Å². The van der Waals surface area contributed by atoms with Gasteiger partial charge in [0.2, 0.25) is 5.69 Å². The van der Waals surface area contributed by atoms with E-state index in [1.54, 1.807) is 10.9 Å². The normalized spacial score (nSPS) is 10.9. The van der Waals surface area contributed by atoms with Crippen molar-refractivity contribution >= 4 is 16.9 Å². The van der Waals surface area contributed by atoms with Crippen LogP contribution in [0.25, 0.3) is 16.7 Å². The number of aromatic nitrogens is 2. The molecule has 4 rings (SSSR count). The average molecular weight is 404 g/mol. The molecule has 4 aromatic rings. The molecule has 0 fully saturated rings. The fourth-order valence-corrected chi connectivity index (χ4v) is 3.18. The fraction of sp³-hybridized carbons (Fsp3) is 0.174. The highest BCUT2D eigenvalue weighted by atomic mass is 16.5. The summed E-state index contributed by atoms with van der Waals surface area (Å²) in [5.74, 6) is -0.348. The van der Waals surface area contributed by atoms with Gasteiger partial charge in [0.25, 0.3) is 0 Å². The summed E-state index contributed by atoms with van der Waals surface area (Å²) < 4.78 is 17.6. The third kappa shape index (κ3) is 3.69. The van der Waals surface area contributed by atoms with Crippen molar-refractivity contribution < 1.29 is 18.7 Å². The third-order valence-electron chi connectivity index (χ3n) is 4.92. The summed E-state index contributed by atoms with van der Waals surface area (Å²) in [6.07, 6.45) is 1.62. The van der Waals surface area contributed by atoms with Crippen LogP contribution in [0.3, 0.4) is 0 Å². The highest BCUT2D eigenvalue weighted by molar-refractivity contribution is 5.90. The van der Waals surface area contributed by atoms with Crippen LogP contribution >= 0.6 is 0 Å². The minimum atomic E-state index is -0.647. The number of methoxy groups -OCH3 is 1. The Kier molecular flexibility index (Phi) is 5.10. The van der Waals surface area contributed by atoms with Crippen molar-refractivity contribution in [2.45, 2.75) is 20.5 Å². The van der Waals surface area contributed by atoms with E-state index in [0.717, 1.165) is 22.2 Å². The first-order valence-corrected chi connectivity index (χ1v) is 9.36. The van der Waals surface area contributed by atoms with Gasteiger partial charge >= 0.3 is 11.6 Å². The van der Waals surface area contributed by atoms with Gasteiger partial charge in [0.15, 0.2) is 5.75 Å². The van der Waals surface area contributed by atoms with E-state index >= 15 is 0 Å². The first-order valence-electron chi connectivity index (χ1n) is 9.36. The fourth-order valence-electron chi connectivity index (χ4n) is 3.18. The molecule has 0 N–H and O–H groups in total. The molecule has 30 heavy (non-hydrogen) atoms. The van der Waals surface area contributed by atoms with Gasteiger partial charge in [-0.1, -0.05) is 18.2 Å². The van der Waals surface area contributed by atoms with Crippen molar-refractivity contribution in [3.05, 3.63) is 87.5 Å². The second-order valence-electron chi connectivity index (χ2n) is 6.93. The predicted octanol–water partition coefficient (Wildman–Crippen LogP) is 3.96. The molecule has 2 heterocycles. The van der Waals surface area contributed by atoms with Gasteiger partial charge in [-0.05, 0) is 49.2 Å². The lowest BCUT2D eigenvalue weighted by molar-refractivity contribution is 0.0462. The molecule has 0 unspecified atom stereocenters. The van der Waals surface area contributed by atoms with Crippen LogP contribution in [-0.2, 0) is 11.3 Å². The molecule has 0 aliphatic rings. The lowest BCUT2D eigenvalue weighted by Gasteiger charge is -2.09. The number of para-hydroxylation sites is 1. The second kappa shape index (κ2) is 7.87. The molecule has 7 nitrogen and oxygen atoms in total. The van der Waals surface area contributed by atoms with Gasteiger partial charge in [0, 0.05) is 17.0 Å². The molecule has 2 aromatic carbocycles. The smallest absolute Gasteiger partial charge is 0.363 e. The molecule has 0 saturated carbocycles. The number of carbonyl (C=O) groups is 1. The molecule has 0 spiro atoms. The van der Waals surface area contributed by atoms with E-state index in [4.69, 9.17) is 13.9 Å². The molecule has 0 saturated heterocycles. The summed E-state index contributed by atoms with van der Waals surface area (Å²) in [6.45, 7) is 3.82. The zero-order valence-corrected chi connectivity index (χ0v) is 16.8. The Hall–Kier alpha value is -3.87. The Balaban J connectivity index is 1.62. The van der Waals surface area contributed by atoms with E-state index in [1.807, 2.05) is 56.3 Å². The van der Waals surface area contributed by atoms with E-state index in [-0.39, 0.29) is 12.3 Å². The molecule has 0 aliphatic heterocycles. The third-order valence-corrected chi connectivity index (χ3v) is 4.92. The molecule has 0 radical (unpaired) electrons. The van der Waals surface area contributed by atoms with Crippen molar-refractivity contribution in [3.8, 4) is 11.4 Å². The SMILES string of the molecule is COc1cn(-c2ccccc2)nc1C(=O)OCc1cc(=O)oc2cc(C)c(C)cc12. The number of nitrogens with zero attached hydrogens (tertiary/aromatic N) is 2. The highest BCUT2D eigenvalue weighted by Gasteiger charge is 2.20. The van der Waals surface area contributed by atoms with E-state index in [1.165, 1.54) is 13.2 Å². The van der Waals surface area contributed by atoms with E-state index in [2.05, 4.69) is 5.10 Å². The monoisotopic (exact) mass is 404 g/mol.